The van der Waals surface area contributed by atoms with Crippen LogP contribution in [0.1, 0.15) is 29.6 Å². The van der Waals surface area contributed by atoms with E-state index in [0.29, 0.717) is 29.5 Å². The Morgan fingerprint density at radius 1 is 1.25 bits per heavy atom. The lowest BCUT2D eigenvalue weighted by molar-refractivity contribution is 0.0928. The van der Waals surface area contributed by atoms with E-state index < -0.39 is 0 Å². The fourth-order valence-electron chi connectivity index (χ4n) is 3.81. The number of ether oxygens (including phenoxy) is 2. The van der Waals surface area contributed by atoms with Crippen molar-refractivity contribution in [3.63, 3.8) is 0 Å². The van der Waals surface area contributed by atoms with Crippen molar-refractivity contribution in [3.05, 3.63) is 42.2 Å². The number of aryl methyl sites for hydroxylation is 1. The fourth-order valence-corrected chi connectivity index (χ4v) is 3.81. The number of nitrogens with zero attached hydrogens (tertiary/aromatic N) is 3. The van der Waals surface area contributed by atoms with Crippen LogP contribution < -0.4 is 14.8 Å². The summed E-state index contributed by atoms with van der Waals surface area (Å²) >= 11 is 0. The minimum atomic E-state index is -0.119. The zero-order chi connectivity index (χ0) is 19.8. The molecule has 7 heteroatoms. The van der Waals surface area contributed by atoms with Crippen molar-refractivity contribution in [2.24, 2.45) is 5.92 Å². The van der Waals surface area contributed by atoms with E-state index in [1.54, 1.807) is 32.4 Å². The van der Waals surface area contributed by atoms with Gasteiger partial charge in [-0.15, -0.1) is 0 Å². The normalized spacial score (nSPS) is 17.3. The molecule has 0 saturated carbocycles. The quantitative estimate of drug-likeness (QED) is 0.717. The predicted molar refractivity (Wildman–Crippen MR) is 108 cm³/mol. The summed E-state index contributed by atoms with van der Waals surface area (Å²) < 4.78 is 12.6. The molecule has 1 unspecified atom stereocenters. The van der Waals surface area contributed by atoms with Crippen molar-refractivity contribution in [3.8, 4) is 11.5 Å². The number of para-hydroxylation sites is 1. The van der Waals surface area contributed by atoms with Crippen molar-refractivity contribution >= 4 is 5.91 Å². The lowest BCUT2D eigenvalue weighted by Gasteiger charge is -2.32. The van der Waals surface area contributed by atoms with Crippen molar-refractivity contribution < 1.29 is 14.3 Å². The molecule has 7 nitrogen and oxygen atoms in total. The number of rotatable bonds is 9. The number of amides is 1. The molecule has 1 atom stereocenters. The van der Waals surface area contributed by atoms with Gasteiger partial charge in [0.1, 0.15) is 0 Å². The summed E-state index contributed by atoms with van der Waals surface area (Å²) in [6.45, 7) is 4.84. The largest absolute Gasteiger partial charge is 0.493 e. The third-order valence-electron chi connectivity index (χ3n) is 5.22. The molecule has 2 aromatic rings. The topological polar surface area (TPSA) is 68.6 Å². The summed E-state index contributed by atoms with van der Waals surface area (Å²) in [4.78, 5) is 15.1. The summed E-state index contributed by atoms with van der Waals surface area (Å²) in [6.07, 6.45) is 7.22. The van der Waals surface area contributed by atoms with E-state index in [1.165, 1.54) is 6.42 Å². The summed E-state index contributed by atoms with van der Waals surface area (Å²) in [7, 11) is 3.12. The van der Waals surface area contributed by atoms with Gasteiger partial charge in [-0.25, -0.2) is 0 Å². The lowest BCUT2D eigenvalue weighted by atomic mass is 9.97. The second-order valence-corrected chi connectivity index (χ2v) is 7.18. The molecule has 1 amide bonds. The highest BCUT2D eigenvalue weighted by Crippen LogP contribution is 2.30. The third-order valence-corrected chi connectivity index (χ3v) is 5.22. The fraction of sp³-hybridized carbons (Fsp3) is 0.524. The Hall–Kier alpha value is -2.54. The van der Waals surface area contributed by atoms with Gasteiger partial charge in [-0.2, -0.15) is 5.10 Å². The van der Waals surface area contributed by atoms with Crippen LogP contribution in [-0.4, -0.2) is 61.0 Å². The second-order valence-electron chi connectivity index (χ2n) is 7.18. The van der Waals surface area contributed by atoms with Crippen LogP contribution in [0.15, 0.2) is 36.7 Å². The molecule has 1 saturated heterocycles. The van der Waals surface area contributed by atoms with E-state index in [4.69, 9.17) is 9.47 Å². The van der Waals surface area contributed by atoms with Crippen LogP contribution in [-0.2, 0) is 6.54 Å². The van der Waals surface area contributed by atoms with Gasteiger partial charge in [0.05, 0.1) is 19.8 Å². The number of piperidine rings is 1. The van der Waals surface area contributed by atoms with Gasteiger partial charge in [-0.05, 0) is 56.5 Å². The second kappa shape index (κ2) is 10.1. The molecule has 28 heavy (non-hydrogen) atoms. The van der Waals surface area contributed by atoms with E-state index in [-0.39, 0.29) is 5.91 Å². The van der Waals surface area contributed by atoms with E-state index >= 15 is 0 Å². The van der Waals surface area contributed by atoms with E-state index in [1.807, 2.05) is 23.1 Å². The van der Waals surface area contributed by atoms with Crippen molar-refractivity contribution in [2.45, 2.75) is 25.8 Å². The Labute approximate surface area is 166 Å². The monoisotopic (exact) mass is 386 g/mol. The summed E-state index contributed by atoms with van der Waals surface area (Å²) in [5.41, 5.74) is 0.508. The van der Waals surface area contributed by atoms with E-state index in [2.05, 4.69) is 15.3 Å². The maximum Gasteiger partial charge on any atom is 0.255 e. The molecule has 2 heterocycles. The molecule has 1 aliphatic heterocycles. The summed E-state index contributed by atoms with van der Waals surface area (Å²) in [5, 5.41) is 7.33. The highest BCUT2D eigenvalue weighted by atomic mass is 16.5. The Morgan fingerprint density at radius 2 is 2.14 bits per heavy atom. The molecule has 1 aliphatic rings. The van der Waals surface area contributed by atoms with Crippen LogP contribution in [0.3, 0.4) is 0 Å². The minimum Gasteiger partial charge on any atom is -0.493 e. The first-order chi connectivity index (χ1) is 13.7. The average Bonchev–Trinajstić information content (AvgIpc) is 3.25. The Balaban J connectivity index is 1.47. The SMILES string of the molecule is COc1cccc(C(=O)NCC2CCCN(CCCn3cccn3)C2)c1OC. The van der Waals surface area contributed by atoms with Crippen LogP contribution in [0, 0.1) is 5.92 Å². The number of carbonyl (C=O) groups excluding carboxylic acids is 1. The smallest absolute Gasteiger partial charge is 0.255 e. The van der Waals surface area contributed by atoms with Crippen molar-refractivity contribution in [1.82, 2.24) is 20.0 Å². The first kappa shape index (κ1) is 20.2. The molecule has 0 radical (unpaired) electrons. The van der Waals surface area contributed by atoms with Crippen LogP contribution >= 0.6 is 0 Å². The van der Waals surface area contributed by atoms with E-state index in [0.717, 1.165) is 39.0 Å². The summed E-state index contributed by atoms with van der Waals surface area (Å²) in [5.74, 6) is 1.40. The van der Waals surface area contributed by atoms with Gasteiger partial charge in [-0.1, -0.05) is 6.07 Å². The number of aromatic nitrogens is 2. The van der Waals surface area contributed by atoms with Gasteiger partial charge in [0, 0.05) is 32.0 Å². The minimum absolute atomic E-state index is 0.119. The van der Waals surface area contributed by atoms with Gasteiger partial charge >= 0.3 is 0 Å². The molecule has 0 spiro atoms. The predicted octanol–water partition coefficient (Wildman–Crippen LogP) is 2.43. The molecule has 0 bridgehead atoms. The average molecular weight is 386 g/mol. The summed E-state index contributed by atoms with van der Waals surface area (Å²) in [6, 6.07) is 7.31. The highest BCUT2D eigenvalue weighted by molar-refractivity contribution is 5.97. The van der Waals surface area contributed by atoms with Gasteiger partial charge in [-0.3, -0.25) is 9.48 Å². The van der Waals surface area contributed by atoms with Crippen LogP contribution in [0.2, 0.25) is 0 Å². The number of methoxy groups -OCH3 is 2. The number of hydrogen-bond acceptors (Lipinski definition) is 5. The molecule has 1 N–H and O–H groups in total. The lowest BCUT2D eigenvalue weighted by Crippen LogP contribution is -2.41. The molecule has 1 aromatic carbocycles. The van der Waals surface area contributed by atoms with Crippen LogP contribution in [0.25, 0.3) is 0 Å². The van der Waals surface area contributed by atoms with Gasteiger partial charge in [0.2, 0.25) is 0 Å². The number of hydrogen-bond donors (Lipinski definition) is 1. The Morgan fingerprint density at radius 3 is 2.89 bits per heavy atom. The van der Waals surface area contributed by atoms with Gasteiger partial charge < -0.3 is 19.7 Å². The number of likely N-dealkylation sites (tertiary alicyclic amines) is 1. The number of nitrogens with one attached hydrogen (secondary N) is 1. The molecule has 1 fully saturated rings. The van der Waals surface area contributed by atoms with E-state index in [9.17, 15) is 4.79 Å². The number of benzene rings is 1. The molecule has 0 aliphatic carbocycles. The van der Waals surface area contributed by atoms with Gasteiger partial charge in [0.15, 0.2) is 11.5 Å². The Bertz CT molecular complexity index is 748. The standard InChI is InChI=1S/C21H30N4O3/c1-27-19-9-3-8-18(20(19)28-2)21(26)22-15-17-7-4-11-24(16-17)12-6-14-25-13-5-10-23-25/h3,5,8-10,13,17H,4,6-7,11-12,14-16H2,1-2H3,(H,22,26). The zero-order valence-electron chi connectivity index (χ0n) is 16.8. The molecule has 1 aromatic heterocycles. The van der Waals surface area contributed by atoms with Crippen LogP contribution in [0.4, 0.5) is 0 Å². The van der Waals surface area contributed by atoms with Crippen LogP contribution in [0.5, 0.6) is 11.5 Å². The molecular formula is C21H30N4O3. The van der Waals surface area contributed by atoms with Crippen molar-refractivity contribution in [1.29, 1.82) is 0 Å². The first-order valence-corrected chi connectivity index (χ1v) is 9.90. The first-order valence-electron chi connectivity index (χ1n) is 9.90. The van der Waals surface area contributed by atoms with Gasteiger partial charge in [0.25, 0.3) is 5.91 Å². The third kappa shape index (κ3) is 5.25. The van der Waals surface area contributed by atoms with Crippen molar-refractivity contribution in [2.75, 3.05) is 40.4 Å². The molecular weight excluding hydrogens is 356 g/mol. The maximum atomic E-state index is 12.7. The number of carbonyl (C=O) groups is 1. The Kier molecular flexibility index (Phi) is 7.31. The highest BCUT2D eigenvalue weighted by Gasteiger charge is 2.22. The molecule has 152 valence electrons. The molecule has 3 rings (SSSR count). The zero-order valence-corrected chi connectivity index (χ0v) is 16.8. The maximum absolute atomic E-state index is 12.7.